The third kappa shape index (κ3) is 6.09. The molecule has 2 rings (SSSR count). The van der Waals surface area contributed by atoms with Gasteiger partial charge < -0.3 is 14.6 Å². The number of carbonyl (C=O) groups excluding carboxylic acids is 2. The first-order valence-corrected chi connectivity index (χ1v) is 10.2. The van der Waals surface area contributed by atoms with Gasteiger partial charge >= 0.3 is 5.97 Å². The molecule has 2 N–H and O–H groups in total. The molecule has 0 saturated heterocycles. The number of anilines is 1. The van der Waals surface area contributed by atoms with Crippen LogP contribution in [-0.2, 0) is 31.4 Å². The number of imidazole rings is 1. The number of rotatable bonds is 9. The number of esters is 1. The number of ether oxygens (including phenoxy) is 1. The zero-order chi connectivity index (χ0) is 22.5. The number of nitro groups is 1. The van der Waals surface area contributed by atoms with E-state index >= 15 is 0 Å². The zero-order valence-electron chi connectivity index (χ0n) is 16.5. The molecule has 0 aliphatic heterocycles. The Bertz CT molecular complexity index is 1060. The molecular formula is C17H21N5O7S. The zero-order valence-corrected chi connectivity index (χ0v) is 17.4. The first-order chi connectivity index (χ1) is 14.0. The number of aryl methyl sites for hydroxylation is 3. The maximum absolute atomic E-state index is 12.1. The number of nitrogens with one attached hydrogen (secondary N) is 2. The van der Waals surface area contributed by atoms with Gasteiger partial charge in [0.2, 0.25) is 0 Å². The molecule has 30 heavy (non-hydrogen) atoms. The molecule has 0 aliphatic rings. The van der Waals surface area contributed by atoms with Gasteiger partial charge in [-0.25, -0.2) is 18.1 Å². The molecule has 0 aliphatic carbocycles. The number of hydrogen-bond donors (Lipinski definition) is 2. The van der Waals surface area contributed by atoms with Crippen molar-refractivity contribution in [2.45, 2.75) is 25.3 Å². The van der Waals surface area contributed by atoms with Gasteiger partial charge in [-0.1, -0.05) is 6.07 Å². The Balaban J connectivity index is 1.78. The molecule has 0 saturated carbocycles. The summed E-state index contributed by atoms with van der Waals surface area (Å²) >= 11 is 0. The van der Waals surface area contributed by atoms with Gasteiger partial charge in [-0.3, -0.25) is 19.7 Å². The topological polar surface area (TPSA) is 163 Å². The number of sulfonamides is 1. The van der Waals surface area contributed by atoms with Crippen molar-refractivity contribution in [3.8, 4) is 0 Å². The predicted molar refractivity (Wildman–Crippen MR) is 105 cm³/mol. The molecule has 1 amide bonds. The lowest BCUT2D eigenvalue weighted by Crippen LogP contribution is -2.28. The predicted octanol–water partition coefficient (Wildman–Crippen LogP) is 0.795. The van der Waals surface area contributed by atoms with Crippen LogP contribution in [0.15, 0.2) is 29.4 Å². The molecule has 2 aromatic rings. The average Bonchev–Trinajstić information content (AvgIpc) is 3.01. The smallest absolute Gasteiger partial charge is 0.307 e. The Morgan fingerprint density at radius 3 is 2.60 bits per heavy atom. The summed E-state index contributed by atoms with van der Waals surface area (Å²) in [6, 6.07) is 4.16. The van der Waals surface area contributed by atoms with Gasteiger partial charge in [-0.15, -0.1) is 0 Å². The molecule has 0 radical (unpaired) electrons. The van der Waals surface area contributed by atoms with Gasteiger partial charge in [-0.2, -0.15) is 0 Å². The number of hydrogen-bond acceptors (Lipinski definition) is 8. The van der Waals surface area contributed by atoms with E-state index in [4.69, 9.17) is 4.74 Å². The molecule has 0 bridgehead atoms. The van der Waals surface area contributed by atoms with E-state index in [9.17, 15) is 28.1 Å². The highest BCUT2D eigenvalue weighted by molar-refractivity contribution is 7.89. The first-order valence-electron chi connectivity index (χ1n) is 8.69. The molecule has 162 valence electrons. The van der Waals surface area contributed by atoms with Gasteiger partial charge in [0.1, 0.15) is 5.82 Å². The Hall–Kier alpha value is -3.32. The second-order valence-electron chi connectivity index (χ2n) is 6.35. The van der Waals surface area contributed by atoms with Crippen LogP contribution in [-0.4, -0.2) is 47.9 Å². The summed E-state index contributed by atoms with van der Waals surface area (Å²) < 4.78 is 32.7. The number of nitrogens with zero attached hydrogens (tertiary/aromatic N) is 3. The highest BCUT2D eigenvalue weighted by Crippen LogP contribution is 2.22. The summed E-state index contributed by atoms with van der Waals surface area (Å²) in [6.45, 7) is 2.36. The normalized spacial score (nSPS) is 11.2. The molecule has 0 unspecified atom stereocenters. The maximum atomic E-state index is 12.1. The lowest BCUT2D eigenvalue weighted by Gasteiger charge is -2.08. The third-order valence-electron chi connectivity index (χ3n) is 4.04. The lowest BCUT2D eigenvalue weighted by molar-refractivity contribution is -0.385. The van der Waals surface area contributed by atoms with Crippen LogP contribution in [0.4, 0.5) is 11.4 Å². The molecule has 12 nitrogen and oxygen atoms in total. The Morgan fingerprint density at radius 2 is 2.00 bits per heavy atom. The van der Waals surface area contributed by atoms with Crippen LogP contribution < -0.4 is 10.0 Å². The van der Waals surface area contributed by atoms with Crippen molar-refractivity contribution in [1.29, 1.82) is 0 Å². The first kappa shape index (κ1) is 23.0. The molecular weight excluding hydrogens is 418 g/mol. The minimum atomic E-state index is -3.87. The standard InChI is InChI=1S/C17H21N5O7S/c1-11-4-5-13(8-14(11)22(25)26)20-15(23)10-29-17(24)6-7-18-30(27,28)16-9-21(3)12(2)19-16/h4-5,8-9,18H,6-7,10H2,1-3H3,(H,20,23). The van der Waals surface area contributed by atoms with Crippen molar-refractivity contribution in [1.82, 2.24) is 14.3 Å². The van der Waals surface area contributed by atoms with Crippen LogP contribution in [0.2, 0.25) is 0 Å². The number of nitro benzene ring substituents is 1. The van der Waals surface area contributed by atoms with Crippen LogP contribution in [0, 0.1) is 24.0 Å². The van der Waals surface area contributed by atoms with Crippen LogP contribution in [0.1, 0.15) is 17.8 Å². The fourth-order valence-corrected chi connectivity index (χ4v) is 3.38. The lowest BCUT2D eigenvalue weighted by atomic mass is 10.2. The van der Waals surface area contributed by atoms with E-state index in [1.54, 1.807) is 25.5 Å². The highest BCUT2D eigenvalue weighted by Gasteiger charge is 2.19. The van der Waals surface area contributed by atoms with E-state index in [1.165, 1.54) is 24.4 Å². The van der Waals surface area contributed by atoms with Crippen molar-refractivity contribution in [2.24, 2.45) is 7.05 Å². The largest absolute Gasteiger partial charge is 0.456 e. The summed E-state index contributed by atoms with van der Waals surface area (Å²) in [5.41, 5.74) is 0.472. The molecule has 1 aromatic heterocycles. The average molecular weight is 439 g/mol. The summed E-state index contributed by atoms with van der Waals surface area (Å²) in [6.07, 6.45) is 1.05. The van der Waals surface area contributed by atoms with E-state index in [0.717, 1.165) is 0 Å². The third-order valence-corrected chi connectivity index (χ3v) is 5.37. The van der Waals surface area contributed by atoms with Gasteiger partial charge in [-0.05, 0) is 19.9 Å². The second kappa shape index (κ2) is 9.45. The molecule has 13 heteroatoms. The van der Waals surface area contributed by atoms with E-state index in [2.05, 4.69) is 15.0 Å². The van der Waals surface area contributed by atoms with Crippen molar-refractivity contribution >= 4 is 33.3 Å². The Kier molecular flexibility index (Phi) is 7.24. The summed E-state index contributed by atoms with van der Waals surface area (Å²) in [5, 5.41) is 13.1. The monoisotopic (exact) mass is 439 g/mol. The van der Waals surface area contributed by atoms with Crippen LogP contribution in [0.25, 0.3) is 0 Å². The SMILES string of the molecule is Cc1ccc(NC(=O)COC(=O)CCNS(=O)(=O)c2cn(C)c(C)n2)cc1[N+](=O)[O-]. The Labute approximate surface area is 172 Å². The van der Waals surface area contributed by atoms with E-state index < -0.39 is 33.4 Å². The van der Waals surface area contributed by atoms with Gasteiger partial charge in [0.05, 0.1) is 11.3 Å². The number of benzene rings is 1. The minimum absolute atomic E-state index is 0.153. The maximum Gasteiger partial charge on any atom is 0.307 e. The van der Waals surface area contributed by atoms with E-state index in [0.29, 0.717) is 11.4 Å². The van der Waals surface area contributed by atoms with Crippen molar-refractivity contribution in [2.75, 3.05) is 18.5 Å². The fourth-order valence-electron chi connectivity index (χ4n) is 2.32. The van der Waals surface area contributed by atoms with E-state index in [-0.39, 0.29) is 29.4 Å². The van der Waals surface area contributed by atoms with Crippen molar-refractivity contribution < 1.29 is 27.7 Å². The second-order valence-corrected chi connectivity index (χ2v) is 8.07. The highest BCUT2D eigenvalue weighted by atomic mass is 32.2. The summed E-state index contributed by atoms with van der Waals surface area (Å²) in [4.78, 5) is 37.8. The van der Waals surface area contributed by atoms with Crippen LogP contribution >= 0.6 is 0 Å². The molecule has 1 aromatic carbocycles. The fraction of sp³-hybridized carbons (Fsp3) is 0.353. The molecule has 0 spiro atoms. The molecule has 0 fully saturated rings. The van der Waals surface area contributed by atoms with Crippen LogP contribution in [0.3, 0.4) is 0 Å². The van der Waals surface area contributed by atoms with Crippen LogP contribution in [0.5, 0.6) is 0 Å². The minimum Gasteiger partial charge on any atom is -0.456 e. The summed E-state index contributed by atoms with van der Waals surface area (Å²) in [5.74, 6) is -0.967. The number of carbonyl (C=O) groups is 2. The van der Waals surface area contributed by atoms with E-state index in [1.807, 2.05) is 0 Å². The van der Waals surface area contributed by atoms with Crippen molar-refractivity contribution in [3.63, 3.8) is 0 Å². The summed E-state index contributed by atoms with van der Waals surface area (Å²) in [7, 11) is -2.22. The Morgan fingerprint density at radius 1 is 1.30 bits per heavy atom. The molecule has 0 atom stereocenters. The van der Waals surface area contributed by atoms with Gasteiger partial charge in [0.15, 0.2) is 11.6 Å². The number of amides is 1. The molecule has 1 heterocycles. The van der Waals surface area contributed by atoms with Gasteiger partial charge in [0.25, 0.3) is 21.6 Å². The quantitative estimate of drug-likeness (QED) is 0.329. The number of aromatic nitrogens is 2. The van der Waals surface area contributed by atoms with Gasteiger partial charge in [0, 0.05) is 37.1 Å². The van der Waals surface area contributed by atoms with Crippen molar-refractivity contribution in [3.05, 3.63) is 45.9 Å².